The number of hydrogen-bond acceptors (Lipinski definition) is 5. The van der Waals surface area contributed by atoms with Crippen molar-refractivity contribution in [1.29, 1.82) is 0 Å². The summed E-state index contributed by atoms with van der Waals surface area (Å²) in [6.07, 6.45) is 3.68. The van der Waals surface area contributed by atoms with Crippen LogP contribution in [0.5, 0.6) is 5.75 Å². The molecular weight excluding hydrogens is 260 g/mol. The molecule has 0 aliphatic rings. The Hall–Kier alpha value is -1.82. The van der Waals surface area contributed by atoms with Gasteiger partial charge >= 0.3 is 0 Å². The van der Waals surface area contributed by atoms with Crippen molar-refractivity contribution in [2.24, 2.45) is 5.10 Å². The summed E-state index contributed by atoms with van der Waals surface area (Å²) in [5.41, 5.74) is 0.910. The quantitative estimate of drug-likeness (QED) is 0.689. The molecular formula is C13H16N4OS. The van der Waals surface area contributed by atoms with Gasteiger partial charge in [0.05, 0.1) is 6.21 Å². The highest BCUT2D eigenvalue weighted by Crippen LogP contribution is 2.19. The van der Waals surface area contributed by atoms with Gasteiger partial charge in [-0.15, -0.1) is 10.2 Å². The fourth-order valence-corrected chi connectivity index (χ4v) is 1.99. The maximum atomic E-state index is 9.23. The Morgan fingerprint density at radius 1 is 1.26 bits per heavy atom. The SMILES string of the molecule is CSc1nnc(C(C)C)n1/N=C\c1ccc(O)cc1. The van der Waals surface area contributed by atoms with Crippen molar-refractivity contribution in [3.05, 3.63) is 35.7 Å². The Balaban J connectivity index is 2.31. The van der Waals surface area contributed by atoms with Crippen LogP contribution in [0, 0.1) is 0 Å². The molecule has 0 aliphatic heterocycles. The molecule has 0 radical (unpaired) electrons. The summed E-state index contributed by atoms with van der Waals surface area (Å²) in [5, 5.41) is 22.7. The second-order valence-corrected chi connectivity index (χ2v) is 5.12. The van der Waals surface area contributed by atoms with Crippen molar-refractivity contribution >= 4 is 18.0 Å². The first-order valence-corrected chi connectivity index (χ1v) is 7.17. The first-order chi connectivity index (χ1) is 9.11. The Morgan fingerprint density at radius 2 is 1.95 bits per heavy atom. The van der Waals surface area contributed by atoms with E-state index in [4.69, 9.17) is 0 Å². The first kappa shape index (κ1) is 13.6. The van der Waals surface area contributed by atoms with E-state index >= 15 is 0 Å². The van der Waals surface area contributed by atoms with E-state index in [0.717, 1.165) is 16.5 Å². The lowest BCUT2D eigenvalue weighted by Crippen LogP contribution is -2.01. The van der Waals surface area contributed by atoms with Crippen molar-refractivity contribution in [1.82, 2.24) is 14.9 Å². The van der Waals surface area contributed by atoms with Gasteiger partial charge < -0.3 is 5.11 Å². The van der Waals surface area contributed by atoms with Crippen LogP contribution in [0.15, 0.2) is 34.5 Å². The van der Waals surface area contributed by atoms with Gasteiger partial charge in [-0.3, -0.25) is 0 Å². The predicted molar refractivity (Wildman–Crippen MR) is 77.0 cm³/mol. The molecule has 2 rings (SSSR count). The average Bonchev–Trinajstić information content (AvgIpc) is 2.81. The predicted octanol–water partition coefficient (Wildman–Crippen LogP) is 2.71. The van der Waals surface area contributed by atoms with Crippen molar-refractivity contribution in [3.63, 3.8) is 0 Å². The number of aromatic hydroxyl groups is 1. The van der Waals surface area contributed by atoms with Crippen LogP contribution in [0.1, 0.15) is 31.2 Å². The molecule has 6 heteroatoms. The molecule has 0 unspecified atom stereocenters. The van der Waals surface area contributed by atoms with Gasteiger partial charge in [-0.05, 0) is 36.1 Å². The van der Waals surface area contributed by atoms with E-state index in [1.165, 1.54) is 11.8 Å². The van der Waals surface area contributed by atoms with Crippen LogP contribution >= 0.6 is 11.8 Å². The second-order valence-electron chi connectivity index (χ2n) is 4.35. The fraction of sp³-hybridized carbons (Fsp3) is 0.308. The van der Waals surface area contributed by atoms with Gasteiger partial charge in [0.2, 0.25) is 5.16 Å². The number of phenols is 1. The van der Waals surface area contributed by atoms with Crippen molar-refractivity contribution in [3.8, 4) is 5.75 Å². The number of nitrogens with zero attached hydrogens (tertiary/aromatic N) is 4. The van der Waals surface area contributed by atoms with Crippen molar-refractivity contribution in [2.45, 2.75) is 24.9 Å². The lowest BCUT2D eigenvalue weighted by molar-refractivity contribution is 0.475. The summed E-state index contributed by atoms with van der Waals surface area (Å²) in [5.74, 6) is 1.33. The molecule has 0 spiro atoms. The first-order valence-electron chi connectivity index (χ1n) is 5.94. The summed E-state index contributed by atoms with van der Waals surface area (Å²) in [6, 6.07) is 6.87. The highest BCUT2D eigenvalue weighted by Gasteiger charge is 2.13. The van der Waals surface area contributed by atoms with Crippen LogP contribution < -0.4 is 0 Å². The number of rotatable bonds is 4. The van der Waals surface area contributed by atoms with Gasteiger partial charge in [0.25, 0.3) is 0 Å². The third kappa shape index (κ3) is 3.14. The van der Waals surface area contributed by atoms with Crippen LogP contribution in [0.3, 0.4) is 0 Å². The summed E-state index contributed by atoms with van der Waals surface area (Å²) >= 11 is 1.51. The molecule has 0 saturated carbocycles. The minimum Gasteiger partial charge on any atom is -0.508 e. The molecule has 19 heavy (non-hydrogen) atoms. The monoisotopic (exact) mass is 276 g/mol. The third-order valence-electron chi connectivity index (χ3n) is 2.55. The fourth-order valence-electron chi connectivity index (χ4n) is 1.56. The van der Waals surface area contributed by atoms with Crippen LogP contribution in [0.4, 0.5) is 0 Å². The number of hydrogen-bond donors (Lipinski definition) is 1. The molecule has 2 aromatic rings. The van der Waals surface area contributed by atoms with E-state index in [-0.39, 0.29) is 11.7 Å². The third-order valence-corrected chi connectivity index (χ3v) is 3.17. The number of benzene rings is 1. The normalized spacial score (nSPS) is 11.6. The van der Waals surface area contributed by atoms with Crippen molar-refractivity contribution < 1.29 is 5.11 Å². The van der Waals surface area contributed by atoms with Gasteiger partial charge in [0.15, 0.2) is 5.82 Å². The highest BCUT2D eigenvalue weighted by atomic mass is 32.2. The van der Waals surface area contributed by atoms with Gasteiger partial charge in [-0.25, -0.2) is 0 Å². The summed E-state index contributed by atoms with van der Waals surface area (Å²) in [7, 11) is 0. The maximum Gasteiger partial charge on any atom is 0.211 e. The number of thioether (sulfide) groups is 1. The Kier molecular flexibility index (Phi) is 4.21. The van der Waals surface area contributed by atoms with E-state index in [9.17, 15) is 5.11 Å². The minimum absolute atomic E-state index is 0.245. The second kappa shape index (κ2) is 5.88. The van der Waals surface area contributed by atoms with E-state index in [0.29, 0.717) is 0 Å². The van der Waals surface area contributed by atoms with E-state index in [1.54, 1.807) is 35.2 Å². The smallest absolute Gasteiger partial charge is 0.211 e. The summed E-state index contributed by atoms with van der Waals surface area (Å²) in [4.78, 5) is 0. The van der Waals surface area contributed by atoms with Crippen LogP contribution in [0.25, 0.3) is 0 Å². The molecule has 0 amide bonds. The van der Waals surface area contributed by atoms with E-state index in [2.05, 4.69) is 29.1 Å². The topological polar surface area (TPSA) is 63.3 Å². The van der Waals surface area contributed by atoms with E-state index in [1.807, 2.05) is 6.26 Å². The number of phenolic OH excluding ortho intramolecular Hbond substituents is 1. The zero-order valence-electron chi connectivity index (χ0n) is 11.1. The summed E-state index contributed by atoms with van der Waals surface area (Å²) in [6.45, 7) is 4.11. The molecule has 0 bridgehead atoms. The minimum atomic E-state index is 0.245. The van der Waals surface area contributed by atoms with E-state index < -0.39 is 0 Å². The molecule has 5 nitrogen and oxygen atoms in total. The van der Waals surface area contributed by atoms with Gasteiger partial charge in [-0.1, -0.05) is 25.6 Å². The molecule has 0 aliphatic carbocycles. The molecule has 0 fully saturated rings. The lowest BCUT2D eigenvalue weighted by atomic mass is 10.2. The lowest BCUT2D eigenvalue weighted by Gasteiger charge is -2.05. The van der Waals surface area contributed by atoms with Gasteiger partial charge in [-0.2, -0.15) is 9.78 Å². The average molecular weight is 276 g/mol. The van der Waals surface area contributed by atoms with Crippen molar-refractivity contribution in [2.75, 3.05) is 6.26 Å². The Labute approximate surface area is 116 Å². The highest BCUT2D eigenvalue weighted by molar-refractivity contribution is 7.98. The van der Waals surface area contributed by atoms with Gasteiger partial charge in [0.1, 0.15) is 5.75 Å². The Bertz CT molecular complexity index is 575. The maximum absolute atomic E-state index is 9.23. The van der Waals surface area contributed by atoms with Crippen LogP contribution in [-0.2, 0) is 0 Å². The molecule has 1 aromatic carbocycles. The summed E-state index contributed by atoms with van der Waals surface area (Å²) < 4.78 is 1.75. The van der Waals surface area contributed by atoms with Crippen LogP contribution in [0.2, 0.25) is 0 Å². The Morgan fingerprint density at radius 3 is 2.53 bits per heavy atom. The largest absolute Gasteiger partial charge is 0.508 e. The molecule has 0 atom stereocenters. The molecule has 1 heterocycles. The molecule has 1 aromatic heterocycles. The molecule has 0 saturated heterocycles. The zero-order chi connectivity index (χ0) is 13.8. The molecule has 1 N–H and O–H groups in total. The number of aromatic nitrogens is 3. The van der Waals surface area contributed by atoms with Crippen LogP contribution in [-0.4, -0.2) is 32.5 Å². The standard InChI is InChI=1S/C13H16N4OS/c1-9(2)12-15-16-13(19-3)17(12)14-8-10-4-6-11(18)7-5-10/h4-9,18H,1-3H3/b14-8-. The zero-order valence-corrected chi connectivity index (χ0v) is 11.9. The molecule has 100 valence electrons. The van der Waals surface area contributed by atoms with Gasteiger partial charge in [0, 0.05) is 5.92 Å².